The van der Waals surface area contributed by atoms with Crippen molar-refractivity contribution in [2.24, 2.45) is 0 Å². The minimum atomic E-state index is -1.08. The molecule has 4 nitrogen and oxygen atoms in total. The molecule has 19 heavy (non-hydrogen) atoms. The molecule has 0 radical (unpaired) electrons. The van der Waals surface area contributed by atoms with E-state index in [1.807, 2.05) is 30.3 Å². The molecule has 1 aromatic carbocycles. The fourth-order valence-corrected chi connectivity index (χ4v) is 2.57. The molecule has 2 rings (SSSR count). The van der Waals surface area contributed by atoms with Gasteiger partial charge < -0.3 is 9.67 Å². The van der Waals surface area contributed by atoms with Gasteiger partial charge in [0.25, 0.3) is 5.56 Å². The lowest BCUT2D eigenvalue weighted by molar-refractivity contribution is 0.0683. The highest BCUT2D eigenvalue weighted by Crippen LogP contribution is 2.17. The van der Waals surface area contributed by atoms with Crippen molar-refractivity contribution in [1.82, 2.24) is 4.57 Å². The van der Waals surface area contributed by atoms with Crippen LogP contribution in [0, 0.1) is 0 Å². The van der Waals surface area contributed by atoms with Crippen molar-refractivity contribution >= 4 is 17.7 Å². The van der Waals surface area contributed by atoms with E-state index in [1.54, 1.807) is 11.8 Å². The van der Waals surface area contributed by atoms with Crippen LogP contribution in [0.1, 0.15) is 10.5 Å². The van der Waals surface area contributed by atoms with Gasteiger partial charge in [-0.1, -0.05) is 24.3 Å². The number of benzene rings is 1. The van der Waals surface area contributed by atoms with E-state index in [-0.39, 0.29) is 11.3 Å². The molecule has 1 aromatic heterocycles. The van der Waals surface area contributed by atoms with E-state index >= 15 is 0 Å². The first-order valence-electron chi connectivity index (χ1n) is 5.79. The Balaban J connectivity index is 2.08. The van der Waals surface area contributed by atoms with Crippen LogP contribution in [0.3, 0.4) is 0 Å². The van der Waals surface area contributed by atoms with Crippen LogP contribution in [0.2, 0.25) is 0 Å². The zero-order valence-corrected chi connectivity index (χ0v) is 11.0. The Kier molecular flexibility index (Phi) is 4.41. The lowest BCUT2D eigenvalue weighted by Crippen LogP contribution is -2.25. The second kappa shape index (κ2) is 6.24. The zero-order chi connectivity index (χ0) is 13.7. The van der Waals surface area contributed by atoms with E-state index in [2.05, 4.69) is 0 Å². The van der Waals surface area contributed by atoms with Gasteiger partial charge in [0.2, 0.25) is 0 Å². The van der Waals surface area contributed by atoms with E-state index in [0.29, 0.717) is 12.3 Å². The summed E-state index contributed by atoms with van der Waals surface area (Å²) in [6.45, 7) is 0.376. The van der Waals surface area contributed by atoms with Gasteiger partial charge in [-0.25, -0.2) is 4.79 Å². The summed E-state index contributed by atoms with van der Waals surface area (Å²) in [5, 5.41) is 9.04. The van der Waals surface area contributed by atoms with Crippen LogP contribution in [0.5, 0.6) is 0 Å². The molecule has 0 unspecified atom stereocenters. The van der Waals surface area contributed by atoms with Crippen molar-refractivity contribution < 1.29 is 9.90 Å². The molecule has 0 fully saturated rings. The van der Waals surface area contributed by atoms with E-state index in [0.717, 1.165) is 4.90 Å². The summed E-state index contributed by atoms with van der Waals surface area (Å²) in [5.41, 5.74) is -0.255. The fraction of sp³-hybridized carbons (Fsp3) is 0.143. The van der Waals surface area contributed by atoms with Gasteiger partial charge in [-0.2, -0.15) is 0 Å². The molecule has 0 atom stereocenters. The first-order valence-corrected chi connectivity index (χ1v) is 6.78. The summed E-state index contributed by atoms with van der Waals surface area (Å²) in [4.78, 5) is 23.8. The first-order chi connectivity index (χ1) is 9.18. The Bertz CT molecular complexity index is 622. The van der Waals surface area contributed by atoms with Gasteiger partial charge in [0.05, 0.1) is 0 Å². The van der Waals surface area contributed by atoms with Crippen LogP contribution < -0.4 is 5.56 Å². The number of thioether (sulfide) groups is 1. The molecule has 0 saturated heterocycles. The number of aromatic nitrogens is 1. The van der Waals surface area contributed by atoms with E-state index < -0.39 is 5.97 Å². The molecule has 0 aliphatic rings. The molecule has 0 saturated carbocycles. The van der Waals surface area contributed by atoms with Crippen molar-refractivity contribution in [3.63, 3.8) is 0 Å². The van der Waals surface area contributed by atoms with Gasteiger partial charge in [-0.3, -0.25) is 4.79 Å². The number of rotatable bonds is 5. The van der Waals surface area contributed by atoms with Crippen LogP contribution in [-0.2, 0) is 6.54 Å². The quantitative estimate of drug-likeness (QED) is 0.851. The highest BCUT2D eigenvalue weighted by atomic mass is 32.2. The van der Waals surface area contributed by atoms with Crippen LogP contribution in [-0.4, -0.2) is 21.4 Å². The third-order valence-electron chi connectivity index (χ3n) is 2.60. The molecular formula is C14H13NO3S. The Morgan fingerprint density at radius 1 is 1.11 bits per heavy atom. The lowest BCUT2D eigenvalue weighted by atomic mass is 10.3. The summed E-state index contributed by atoms with van der Waals surface area (Å²) in [7, 11) is 0. The lowest BCUT2D eigenvalue weighted by Gasteiger charge is -2.09. The van der Waals surface area contributed by atoms with Crippen LogP contribution in [0.4, 0.5) is 0 Å². The van der Waals surface area contributed by atoms with E-state index in [9.17, 15) is 9.59 Å². The Labute approximate surface area is 114 Å². The number of carbonyl (C=O) groups is 1. The summed E-state index contributed by atoms with van der Waals surface area (Å²) >= 11 is 1.59. The van der Waals surface area contributed by atoms with E-state index in [4.69, 9.17) is 5.11 Å². The molecule has 1 N–H and O–H groups in total. The fourth-order valence-electron chi connectivity index (χ4n) is 1.71. The topological polar surface area (TPSA) is 59.3 Å². The second-order valence-corrected chi connectivity index (χ2v) is 5.04. The molecule has 2 aromatic rings. The standard InChI is InChI=1S/C14H13NO3S/c16-13-8-4-7-12(14(17)18)15(13)9-10-19-11-5-2-1-3-6-11/h1-8H,9-10H2,(H,17,18). The zero-order valence-electron chi connectivity index (χ0n) is 10.2. The maximum atomic E-state index is 11.7. The van der Waals surface area contributed by atoms with Crippen LogP contribution in [0.25, 0.3) is 0 Å². The predicted molar refractivity (Wildman–Crippen MR) is 74.8 cm³/mol. The molecule has 5 heteroatoms. The van der Waals surface area contributed by atoms with Crippen molar-refractivity contribution in [3.8, 4) is 0 Å². The summed E-state index contributed by atoms with van der Waals surface area (Å²) in [5.74, 6) is -0.434. The number of hydrogen-bond donors (Lipinski definition) is 1. The van der Waals surface area contributed by atoms with Gasteiger partial charge in [0.15, 0.2) is 0 Å². The molecule has 0 spiro atoms. The summed E-state index contributed by atoms with van der Waals surface area (Å²) in [6, 6.07) is 14.1. The number of carboxylic acids is 1. The maximum absolute atomic E-state index is 11.7. The monoisotopic (exact) mass is 275 g/mol. The smallest absolute Gasteiger partial charge is 0.352 e. The molecule has 98 valence electrons. The van der Waals surface area contributed by atoms with E-state index in [1.165, 1.54) is 22.8 Å². The largest absolute Gasteiger partial charge is 0.477 e. The minimum Gasteiger partial charge on any atom is -0.477 e. The highest BCUT2D eigenvalue weighted by molar-refractivity contribution is 7.99. The molecule has 0 amide bonds. The molecule has 0 aliphatic heterocycles. The number of pyridine rings is 1. The second-order valence-electron chi connectivity index (χ2n) is 3.87. The SMILES string of the molecule is O=C(O)c1cccc(=O)n1CCSc1ccccc1. The number of carboxylic acid groups (broad SMARTS) is 1. The first kappa shape index (κ1) is 13.4. The summed E-state index contributed by atoms with van der Waals surface area (Å²) < 4.78 is 1.29. The predicted octanol–water partition coefficient (Wildman–Crippen LogP) is 2.34. The van der Waals surface area contributed by atoms with Crippen molar-refractivity contribution in [1.29, 1.82) is 0 Å². The number of aromatic carboxylic acids is 1. The third-order valence-corrected chi connectivity index (χ3v) is 3.59. The molecular weight excluding hydrogens is 262 g/mol. The van der Waals surface area contributed by atoms with Gasteiger partial charge in [-0.15, -0.1) is 11.8 Å². The normalized spacial score (nSPS) is 10.3. The van der Waals surface area contributed by atoms with Crippen molar-refractivity contribution in [2.75, 3.05) is 5.75 Å². The summed E-state index contributed by atoms with van der Waals surface area (Å²) in [6.07, 6.45) is 0. The van der Waals surface area contributed by atoms with Gasteiger partial charge in [-0.05, 0) is 18.2 Å². The maximum Gasteiger partial charge on any atom is 0.352 e. The minimum absolute atomic E-state index is 0.0289. The van der Waals surface area contributed by atoms with Crippen molar-refractivity contribution in [2.45, 2.75) is 11.4 Å². The van der Waals surface area contributed by atoms with Crippen LogP contribution in [0.15, 0.2) is 58.2 Å². The molecule has 1 heterocycles. The van der Waals surface area contributed by atoms with Crippen molar-refractivity contribution in [3.05, 3.63) is 64.6 Å². The van der Waals surface area contributed by atoms with Gasteiger partial charge >= 0.3 is 5.97 Å². The Hall–Kier alpha value is -2.01. The van der Waals surface area contributed by atoms with Gasteiger partial charge in [0, 0.05) is 23.3 Å². The molecule has 0 bridgehead atoms. The van der Waals surface area contributed by atoms with Crippen LogP contribution >= 0.6 is 11.8 Å². The van der Waals surface area contributed by atoms with Gasteiger partial charge in [0.1, 0.15) is 5.69 Å². The average molecular weight is 275 g/mol. The average Bonchev–Trinajstić information content (AvgIpc) is 2.41. The highest BCUT2D eigenvalue weighted by Gasteiger charge is 2.09. The number of hydrogen-bond acceptors (Lipinski definition) is 3. The Morgan fingerprint density at radius 3 is 2.53 bits per heavy atom. The number of nitrogens with zero attached hydrogens (tertiary/aromatic N) is 1. The third kappa shape index (κ3) is 3.48. The molecule has 0 aliphatic carbocycles. The Morgan fingerprint density at radius 2 is 1.84 bits per heavy atom.